The second-order valence-corrected chi connectivity index (χ2v) is 5.15. The Morgan fingerprint density at radius 1 is 1.25 bits per heavy atom. The number of fused-ring (bicyclic) bond motifs is 1. The summed E-state index contributed by atoms with van der Waals surface area (Å²) in [6.07, 6.45) is 1.96. The van der Waals surface area contributed by atoms with Crippen molar-refractivity contribution >= 4 is 0 Å². The van der Waals surface area contributed by atoms with Crippen molar-refractivity contribution in [3.8, 4) is 11.5 Å². The molecule has 1 heterocycles. The van der Waals surface area contributed by atoms with E-state index in [1.807, 2.05) is 6.92 Å². The summed E-state index contributed by atoms with van der Waals surface area (Å²) in [6, 6.07) is 2.75. The third kappa shape index (κ3) is 3.61. The van der Waals surface area contributed by atoms with Crippen LogP contribution in [0.15, 0.2) is 12.1 Å². The van der Waals surface area contributed by atoms with Crippen molar-refractivity contribution in [3.05, 3.63) is 23.5 Å². The molecule has 1 aromatic rings. The van der Waals surface area contributed by atoms with E-state index < -0.39 is 6.10 Å². The number of rotatable bonds is 6. The number of hydrogen-bond donors (Lipinski definition) is 2. The molecular weight excluding hydrogens is 261 g/mol. The van der Waals surface area contributed by atoms with Crippen molar-refractivity contribution in [3.63, 3.8) is 0 Å². The Kier molecular flexibility index (Phi) is 5.20. The Hall–Kier alpha value is -1.33. The smallest absolute Gasteiger partial charge is 0.164 e. The predicted molar refractivity (Wildman–Crippen MR) is 74.6 cm³/mol. The molecule has 0 aliphatic carbocycles. The highest BCUT2D eigenvalue weighted by molar-refractivity contribution is 5.44. The minimum Gasteiger partial charge on any atom is -0.486 e. The molecule has 0 bridgehead atoms. The van der Waals surface area contributed by atoms with Gasteiger partial charge in [0.05, 0.1) is 6.10 Å². The van der Waals surface area contributed by atoms with Gasteiger partial charge in [-0.05, 0) is 30.9 Å². The molecule has 0 spiro atoms. The number of halogens is 1. The van der Waals surface area contributed by atoms with Gasteiger partial charge in [-0.2, -0.15) is 0 Å². The Labute approximate surface area is 118 Å². The molecule has 0 saturated heterocycles. The average Bonchev–Trinajstić information content (AvgIpc) is 2.45. The summed E-state index contributed by atoms with van der Waals surface area (Å²) in [7, 11) is 0. The monoisotopic (exact) mass is 283 g/mol. The number of aliphatic hydroxyl groups excluding tert-OH is 1. The van der Waals surface area contributed by atoms with Crippen LogP contribution in [0, 0.1) is 5.82 Å². The number of aliphatic hydroxyl groups is 1. The zero-order valence-electron chi connectivity index (χ0n) is 11.8. The molecule has 1 aliphatic heterocycles. The van der Waals surface area contributed by atoms with Crippen LogP contribution in [0.2, 0.25) is 0 Å². The number of benzene rings is 1. The van der Waals surface area contributed by atoms with E-state index >= 15 is 0 Å². The number of nitrogens with two attached hydrogens (primary N) is 1. The van der Waals surface area contributed by atoms with Gasteiger partial charge in [-0.1, -0.05) is 13.3 Å². The van der Waals surface area contributed by atoms with E-state index in [1.165, 1.54) is 6.07 Å². The highest BCUT2D eigenvalue weighted by atomic mass is 19.1. The van der Waals surface area contributed by atoms with Crippen LogP contribution in [-0.2, 0) is 6.42 Å². The number of hydrogen-bond acceptors (Lipinski definition) is 4. The van der Waals surface area contributed by atoms with E-state index in [1.54, 1.807) is 6.07 Å². The van der Waals surface area contributed by atoms with Gasteiger partial charge < -0.3 is 20.3 Å². The Morgan fingerprint density at radius 3 is 2.55 bits per heavy atom. The first-order chi connectivity index (χ1) is 9.61. The van der Waals surface area contributed by atoms with Gasteiger partial charge >= 0.3 is 0 Å². The van der Waals surface area contributed by atoms with Crippen molar-refractivity contribution in [2.24, 2.45) is 5.73 Å². The highest BCUT2D eigenvalue weighted by Crippen LogP contribution is 2.33. The van der Waals surface area contributed by atoms with Crippen molar-refractivity contribution in [1.82, 2.24) is 0 Å². The van der Waals surface area contributed by atoms with Crippen LogP contribution in [0.25, 0.3) is 0 Å². The Balaban J connectivity index is 1.99. The molecule has 1 aromatic carbocycles. The summed E-state index contributed by atoms with van der Waals surface area (Å²) in [5.41, 5.74) is 6.38. The molecule has 2 atom stereocenters. The summed E-state index contributed by atoms with van der Waals surface area (Å²) in [5.74, 6) is 0.686. The van der Waals surface area contributed by atoms with Gasteiger partial charge in [0, 0.05) is 12.1 Å². The first kappa shape index (κ1) is 15.1. The minimum absolute atomic E-state index is 0.250. The van der Waals surface area contributed by atoms with Crippen LogP contribution >= 0.6 is 0 Å². The lowest BCUT2D eigenvalue weighted by atomic mass is 9.99. The van der Waals surface area contributed by atoms with Crippen molar-refractivity contribution in [2.75, 3.05) is 13.2 Å². The van der Waals surface area contributed by atoms with Gasteiger partial charge in [0.25, 0.3) is 0 Å². The van der Waals surface area contributed by atoms with Crippen molar-refractivity contribution < 1.29 is 19.0 Å². The summed E-state index contributed by atoms with van der Waals surface area (Å²) >= 11 is 0. The van der Waals surface area contributed by atoms with Crippen LogP contribution < -0.4 is 15.2 Å². The molecular formula is C15H22FNO3. The normalized spacial score (nSPS) is 16.8. The number of aryl methyl sites for hydroxylation is 1. The number of ether oxygens (including phenoxy) is 2. The second-order valence-electron chi connectivity index (χ2n) is 5.15. The third-order valence-electron chi connectivity index (χ3n) is 3.54. The standard InChI is InChI=1S/C15H22FNO3/c1-2-3-12(17)13(18)5-4-10-8-14-15(9-11(10)16)20-7-6-19-14/h8-9,12-13,18H,2-7,17H2,1H3. The van der Waals surface area contributed by atoms with E-state index in [0.717, 1.165) is 12.8 Å². The fourth-order valence-electron chi connectivity index (χ4n) is 2.34. The first-order valence-electron chi connectivity index (χ1n) is 7.13. The van der Waals surface area contributed by atoms with Crippen molar-refractivity contribution in [2.45, 2.75) is 44.8 Å². The lowest BCUT2D eigenvalue weighted by Gasteiger charge is -2.21. The maximum absolute atomic E-state index is 13.9. The predicted octanol–water partition coefficient (Wildman–Crippen LogP) is 2.02. The van der Waals surface area contributed by atoms with Gasteiger partial charge in [0.2, 0.25) is 0 Å². The zero-order valence-corrected chi connectivity index (χ0v) is 11.8. The summed E-state index contributed by atoms with van der Waals surface area (Å²) < 4.78 is 24.7. The van der Waals surface area contributed by atoms with Gasteiger partial charge in [-0.3, -0.25) is 0 Å². The van der Waals surface area contributed by atoms with E-state index in [2.05, 4.69) is 0 Å². The fourth-order valence-corrected chi connectivity index (χ4v) is 2.34. The molecule has 0 aromatic heterocycles. The van der Waals surface area contributed by atoms with Crippen LogP contribution in [0.4, 0.5) is 4.39 Å². The highest BCUT2D eigenvalue weighted by Gasteiger charge is 2.18. The lowest BCUT2D eigenvalue weighted by Crippen LogP contribution is -2.34. The van der Waals surface area contributed by atoms with Gasteiger partial charge in [0.15, 0.2) is 11.5 Å². The SMILES string of the molecule is CCCC(N)C(O)CCc1cc2c(cc1F)OCCO2. The van der Waals surface area contributed by atoms with Crippen LogP contribution in [0.3, 0.4) is 0 Å². The van der Waals surface area contributed by atoms with Crippen LogP contribution in [0.5, 0.6) is 11.5 Å². The Morgan fingerprint density at radius 2 is 1.90 bits per heavy atom. The molecule has 112 valence electrons. The molecule has 3 N–H and O–H groups in total. The lowest BCUT2D eigenvalue weighted by molar-refractivity contribution is 0.130. The molecule has 20 heavy (non-hydrogen) atoms. The third-order valence-corrected chi connectivity index (χ3v) is 3.54. The summed E-state index contributed by atoms with van der Waals surface area (Å²) in [4.78, 5) is 0. The zero-order chi connectivity index (χ0) is 14.5. The van der Waals surface area contributed by atoms with Crippen LogP contribution in [-0.4, -0.2) is 30.5 Å². The van der Waals surface area contributed by atoms with Gasteiger partial charge in [-0.15, -0.1) is 0 Å². The average molecular weight is 283 g/mol. The fraction of sp³-hybridized carbons (Fsp3) is 0.600. The summed E-state index contributed by atoms with van der Waals surface area (Å²) in [6.45, 7) is 2.94. The first-order valence-corrected chi connectivity index (χ1v) is 7.13. The van der Waals surface area contributed by atoms with Gasteiger partial charge in [-0.25, -0.2) is 4.39 Å². The van der Waals surface area contributed by atoms with E-state index in [-0.39, 0.29) is 11.9 Å². The Bertz CT molecular complexity index is 453. The quantitative estimate of drug-likeness (QED) is 0.838. The van der Waals surface area contributed by atoms with Crippen LogP contribution in [0.1, 0.15) is 31.7 Å². The van der Waals surface area contributed by atoms with E-state index in [4.69, 9.17) is 15.2 Å². The molecule has 1 aliphatic rings. The van der Waals surface area contributed by atoms with E-state index in [0.29, 0.717) is 43.1 Å². The maximum atomic E-state index is 13.9. The minimum atomic E-state index is -0.609. The topological polar surface area (TPSA) is 64.7 Å². The van der Waals surface area contributed by atoms with Crippen molar-refractivity contribution in [1.29, 1.82) is 0 Å². The molecule has 0 saturated carbocycles. The molecule has 2 unspecified atom stereocenters. The molecule has 2 rings (SSSR count). The van der Waals surface area contributed by atoms with Gasteiger partial charge in [0.1, 0.15) is 19.0 Å². The molecule has 4 nitrogen and oxygen atoms in total. The summed E-state index contributed by atoms with van der Waals surface area (Å²) in [5, 5.41) is 9.94. The molecule has 0 amide bonds. The largest absolute Gasteiger partial charge is 0.486 e. The maximum Gasteiger partial charge on any atom is 0.164 e. The van der Waals surface area contributed by atoms with E-state index in [9.17, 15) is 9.50 Å². The molecule has 5 heteroatoms. The molecule has 0 radical (unpaired) electrons. The second kappa shape index (κ2) is 6.90. The molecule has 0 fully saturated rings.